The van der Waals surface area contributed by atoms with Gasteiger partial charge in [-0.2, -0.15) is 4.31 Å². The molecule has 1 atom stereocenters. The van der Waals surface area contributed by atoms with Gasteiger partial charge in [-0.3, -0.25) is 9.59 Å². The van der Waals surface area contributed by atoms with Gasteiger partial charge in [0.15, 0.2) is 5.78 Å². The average molecular weight is 416 g/mol. The van der Waals surface area contributed by atoms with Crippen molar-refractivity contribution in [3.8, 4) is 0 Å². The summed E-state index contributed by atoms with van der Waals surface area (Å²) in [5.41, 5.74) is 1.44. The van der Waals surface area contributed by atoms with Crippen molar-refractivity contribution in [2.75, 3.05) is 25.5 Å². The normalized spacial score (nSPS) is 16.7. The third kappa shape index (κ3) is 5.09. The van der Waals surface area contributed by atoms with E-state index in [1.165, 1.54) is 42.5 Å². The Morgan fingerprint density at radius 3 is 2.24 bits per heavy atom. The number of ether oxygens (including phenoxy) is 1. The van der Waals surface area contributed by atoms with Crippen molar-refractivity contribution in [3.63, 3.8) is 0 Å². The number of nitrogens with zero attached hydrogens (tertiary/aromatic N) is 1. The lowest BCUT2D eigenvalue weighted by Gasteiger charge is -2.20. The number of amides is 1. The van der Waals surface area contributed by atoms with E-state index in [-0.39, 0.29) is 22.7 Å². The zero-order valence-electron chi connectivity index (χ0n) is 16.4. The molecular weight excluding hydrogens is 392 g/mol. The molecule has 1 N–H and O–H groups in total. The molecule has 0 saturated carbocycles. The van der Waals surface area contributed by atoms with Crippen LogP contribution in [0.3, 0.4) is 0 Å². The lowest BCUT2D eigenvalue weighted by atomic mass is 10.1. The van der Waals surface area contributed by atoms with Gasteiger partial charge in [-0.25, -0.2) is 8.42 Å². The number of rotatable bonds is 7. The van der Waals surface area contributed by atoms with E-state index in [4.69, 9.17) is 4.74 Å². The van der Waals surface area contributed by atoms with E-state index in [9.17, 15) is 18.0 Å². The second kappa shape index (κ2) is 8.86. The van der Waals surface area contributed by atoms with Crippen molar-refractivity contribution in [1.29, 1.82) is 0 Å². The van der Waals surface area contributed by atoms with Gasteiger partial charge in [0.1, 0.15) is 0 Å². The maximum Gasteiger partial charge on any atom is 0.255 e. The monoisotopic (exact) mass is 416 g/mol. The molecule has 2 aromatic rings. The number of hydrogen-bond acceptors (Lipinski definition) is 5. The van der Waals surface area contributed by atoms with Crippen molar-refractivity contribution < 1.29 is 22.7 Å². The zero-order valence-corrected chi connectivity index (χ0v) is 17.2. The molecule has 0 aliphatic carbocycles. The molecule has 1 fully saturated rings. The minimum Gasteiger partial charge on any atom is -0.377 e. The second-order valence-corrected chi connectivity index (χ2v) is 9.08. The maximum atomic E-state index is 12.7. The molecule has 0 unspecified atom stereocenters. The summed E-state index contributed by atoms with van der Waals surface area (Å²) in [5.74, 6) is -0.415. The van der Waals surface area contributed by atoms with E-state index < -0.39 is 10.0 Å². The summed E-state index contributed by atoms with van der Waals surface area (Å²) in [7, 11) is -2.12. The fraction of sp³-hybridized carbons (Fsp3) is 0.333. The van der Waals surface area contributed by atoms with Crippen LogP contribution in [0.15, 0.2) is 53.4 Å². The van der Waals surface area contributed by atoms with Crippen molar-refractivity contribution >= 4 is 27.4 Å². The first-order chi connectivity index (χ1) is 13.8. The standard InChI is InChI=1S/C21H24N2O5S/c1-15(24)16-5-9-18(10-6-16)22-21(25)17-7-11-20(12-8-17)29(26,27)23(2)14-19-4-3-13-28-19/h5-12,19H,3-4,13-14H2,1-2H3,(H,22,25)/t19-/m1/s1. The highest BCUT2D eigenvalue weighted by molar-refractivity contribution is 7.89. The van der Waals surface area contributed by atoms with Crippen molar-refractivity contribution in [2.45, 2.75) is 30.8 Å². The van der Waals surface area contributed by atoms with Crippen LogP contribution in [-0.4, -0.2) is 50.7 Å². The van der Waals surface area contributed by atoms with Crippen LogP contribution in [0, 0.1) is 0 Å². The minimum atomic E-state index is -3.65. The lowest BCUT2D eigenvalue weighted by molar-refractivity contribution is 0.0978. The van der Waals surface area contributed by atoms with Gasteiger partial charge in [-0.15, -0.1) is 0 Å². The molecule has 29 heavy (non-hydrogen) atoms. The summed E-state index contributed by atoms with van der Waals surface area (Å²) in [6.45, 7) is 2.45. The van der Waals surface area contributed by atoms with Gasteiger partial charge < -0.3 is 10.1 Å². The fourth-order valence-electron chi connectivity index (χ4n) is 3.12. The van der Waals surface area contributed by atoms with E-state index in [2.05, 4.69) is 5.32 Å². The third-order valence-electron chi connectivity index (χ3n) is 4.86. The minimum absolute atomic E-state index is 0.0517. The largest absolute Gasteiger partial charge is 0.377 e. The number of ketones is 1. The molecule has 1 amide bonds. The van der Waals surface area contributed by atoms with Crippen molar-refractivity contribution in [2.24, 2.45) is 0 Å². The topological polar surface area (TPSA) is 92.8 Å². The summed E-state index contributed by atoms with van der Waals surface area (Å²) in [5, 5.41) is 2.73. The van der Waals surface area contributed by atoms with E-state index in [0.29, 0.717) is 30.0 Å². The number of hydrogen-bond donors (Lipinski definition) is 1. The average Bonchev–Trinajstić information content (AvgIpc) is 3.21. The summed E-state index contributed by atoms with van der Waals surface area (Å²) >= 11 is 0. The SMILES string of the molecule is CC(=O)c1ccc(NC(=O)c2ccc(S(=O)(=O)N(C)C[C@H]3CCCO3)cc2)cc1. The van der Waals surface area contributed by atoms with Crippen molar-refractivity contribution in [1.82, 2.24) is 4.31 Å². The van der Waals surface area contributed by atoms with Gasteiger partial charge in [-0.1, -0.05) is 0 Å². The number of sulfonamides is 1. The van der Waals surface area contributed by atoms with Crippen molar-refractivity contribution in [3.05, 3.63) is 59.7 Å². The van der Waals surface area contributed by atoms with Gasteiger partial charge in [0.05, 0.1) is 11.0 Å². The quantitative estimate of drug-likeness (QED) is 0.701. The maximum absolute atomic E-state index is 12.7. The molecule has 0 radical (unpaired) electrons. The molecule has 1 aliphatic heterocycles. The van der Waals surface area contributed by atoms with Crippen LogP contribution in [0.4, 0.5) is 5.69 Å². The highest BCUT2D eigenvalue weighted by Crippen LogP contribution is 2.20. The molecule has 1 heterocycles. The van der Waals surface area contributed by atoms with E-state index in [0.717, 1.165) is 12.8 Å². The van der Waals surface area contributed by atoms with Crippen LogP contribution >= 0.6 is 0 Å². The van der Waals surface area contributed by atoms with E-state index in [1.54, 1.807) is 24.3 Å². The number of carbonyl (C=O) groups excluding carboxylic acids is 2. The molecule has 0 spiro atoms. The van der Waals surface area contributed by atoms with E-state index >= 15 is 0 Å². The van der Waals surface area contributed by atoms with Gasteiger partial charge in [0, 0.05) is 37.0 Å². The Labute approximate surface area is 170 Å². The fourth-order valence-corrected chi connectivity index (χ4v) is 4.33. The van der Waals surface area contributed by atoms with Gasteiger partial charge >= 0.3 is 0 Å². The smallest absolute Gasteiger partial charge is 0.255 e. The first-order valence-corrected chi connectivity index (χ1v) is 10.8. The first-order valence-electron chi connectivity index (χ1n) is 9.38. The van der Waals surface area contributed by atoms with Crippen LogP contribution in [0.1, 0.15) is 40.5 Å². The molecular formula is C21H24N2O5S. The number of carbonyl (C=O) groups is 2. The molecule has 1 saturated heterocycles. The predicted molar refractivity (Wildman–Crippen MR) is 110 cm³/mol. The second-order valence-electron chi connectivity index (χ2n) is 7.03. The summed E-state index contributed by atoms with van der Waals surface area (Å²) < 4.78 is 32.2. The Kier molecular flexibility index (Phi) is 6.46. The Bertz CT molecular complexity index is 979. The Morgan fingerprint density at radius 1 is 1.07 bits per heavy atom. The van der Waals surface area contributed by atoms with Crippen LogP contribution in [-0.2, 0) is 14.8 Å². The van der Waals surface area contributed by atoms with Gasteiger partial charge in [0.25, 0.3) is 5.91 Å². The van der Waals surface area contributed by atoms with Crippen LogP contribution < -0.4 is 5.32 Å². The molecule has 7 nitrogen and oxygen atoms in total. The first kappa shape index (κ1) is 21.2. The molecule has 0 bridgehead atoms. The number of benzene rings is 2. The molecule has 2 aromatic carbocycles. The number of anilines is 1. The van der Waals surface area contributed by atoms with Gasteiger partial charge in [0.2, 0.25) is 10.0 Å². The number of nitrogens with one attached hydrogen (secondary N) is 1. The van der Waals surface area contributed by atoms with Crippen LogP contribution in [0.5, 0.6) is 0 Å². The predicted octanol–water partition coefficient (Wildman–Crippen LogP) is 2.94. The Hall–Kier alpha value is -2.55. The van der Waals surface area contributed by atoms with Crippen LogP contribution in [0.25, 0.3) is 0 Å². The molecule has 3 rings (SSSR count). The molecule has 0 aromatic heterocycles. The number of likely N-dealkylation sites (N-methyl/N-ethyl adjacent to an activating group) is 1. The Balaban J connectivity index is 1.66. The third-order valence-corrected chi connectivity index (χ3v) is 6.70. The molecule has 1 aliphatic rings. The highest BCUT2D eigenvalue weighted by Gasteiger charge is 2.26. The number of Topliss-reactive ketones (excluding diaryl/α,β-unsaturated/α-hetero) is 1. The summed E-state index contributed by atoms with van der Waals surface area (Å²) in [4.78, 5) is 23.8. The van der Waals surface area contributed by atoms with Crippen LogP contribution in [0.2, 0.25) is 0 Å². The lowest BCUT2D eigenvalue weighted by Crippen LogP contribution is -2.34. The highest BCUT2D eigenvalue weighted by atomic mass is 32.2. The zero-order chi connectivity index (χ0) is 21.0. The summed E-state index contributed by atoms with van der Waals surface area (Å²) in [6, 6.07) is 12.4. The molecule has 8 heteroatoms. The van der Waals surface area contributed by atoms with Gasteiger partial charge in [-0.05, 0) is 68.3 Å². The van der Waals surface area contributed by atoms with E-state index in [1.807, 2.05) is 0 Å². The molecule has 154 valence electrons. The Morgan fingerprint density at radius 2 is 1.69 bits per heavy atom. The summed E-state index contributed by atoms with van der Waals surface area (Å²) in [6.07, 6.45) is 1.72.